The molecule has 0 radical (unpaired) electrons. The van der Waals surface area contributed by atoms with E-state index in [2.05, 4.69) is 26.6 Å². The maximum absolute atomic E-state index is 12.0. The van der Waals surface area contributed by atoms with Crippen molar-refractivity contribution in [2.75, 3.05) is 11.9 Å². The Morgan fingerprint density at radius 2 is 2.00 bits per heavy atom. The predicted molar refractivity (Wildman–Crippen MR) is 98.7 cm³/mol. The summed E-state index contributed by atoms with van der Waals surface area (Å²) in [4.78, 5) is 24.1. The van der Waals surface area contributed by atoms with Crippen molar-refractivity contribution in [3.8, 4) is 0 Å². The number of nitrogens with two attached hydrogens (primary N) is 1. The number of furan rings is 1. The molecule has 0 saturated carbocycles. The number of rotatable bonds is 6. The van der Waals surface area contributed by atoms with Gasteiger partial charge in [-0.3, -0.25) is 9.59 Å². The van der Waals surface area contributed by atoms with Crippen LogP contribution in [0.15, 0.2) is 45.5 Å². The molecule has 0 saturated heterocycles. The van der Waals surface area contributed by atoms with Crippen LogP contribution in [0, 0.1) is 0 Å². The van der Waals surface area contributed by atoms with E-state index in [0.29, 0.717) is 28.9 Å². The van der Waals surface area contributed by atoms with Gasteiger partial charge >= 0.3 is 0 Å². The lowest BCUT2D eigenvalue weighted by Gasteiger charge is -2.09. The normalized spacial score (nSPS) is 11.3. The zero-order valence-electron chi connectivity index (χ0n) is 13.0. The highest BCUT2D eigenvalue weighted by molar-refractivity contribution is 9.10. The first kappa shape index (κ1) is 20.2. The molecular formula is C16H19BrClN3O3. The molecule has 1 unspecified atom stereocenters. The van der Waals surface area contributed by atoms with Gasteiger partial charge in [0, 0.05) is 23.8 Å². The molecule has 0 aliphatic heterocycles. The number of carbonyl (C=O) groups excluding carboxylic acids is 2. The van der Waals surface area contributed by atoms with Crippen LogP contribution in [-0.4, -0.2) is 24.4 Å². The number of hydrogen-bond acceptors (Lipinski definition) is 4. The summed E-state index contributed by atoms with van der Waals surface area (Å²) in [5.74, 6) is -0.406. The molecule has 0 fully saturated rings. The molecule has 1 atom stereocenters. The summed E-state index contributed by atoms with van der Waals surface area (Å²) < 4.78 is 5.66. The third-order valence-electron chi connectivity index (χ3n) is 3.06. The SMILES string of the molecule is CC(N)CCNC(=O)c1cccc(NC(=O)c2ccc(Br)o2)c1.Cl. The molecule has 0 spiro atoms. The summed E-state index contributed by atoms with van der Waals surface area (Å²) >= 11 is 3.14. The Labute approximate surface area is 154 Å². The predicted octanol–water partition coefficient (Wildman–Crippen LogP) is 3.18. The van der Waals surface area contributed by atoms with Crippen LogP contribution in [0.3, 0.4) is 0 Å². The van der Waals surface area contributed by atoms with Gasteiger partial charge in [-0.15, -0.1) is 12.4 Å². The zero-order valence-corrected chi connectivity index (χ0v) is 15.4. The molecule has 1 heterocycles. The quantitative estimate of drug-likeness (QED) is 0.673. The Morgan fingerprint density at radius 1 is 1.25 bits per heavy atom. The van der Waals surface area contributed by atoms with Gasteiger partial charge < -0.3 is 20.8 Å². The lowest BCUT2D eigenvalue weighted by Crippen LogP contribution is -2.29. The maximum atomic E-state index is 12.0. The minimum atomic E-state index is -0.384. The smallest absolute Gasteiger partial charge is 0.291 e. The van der Waals surface area contributed by atoms with Crippen LogP contribution in [0.25, 0.3) is 0 Å². The van der Waals surface area contributed by atoms with E-state index in [1.54, 1.807) is 36.4 Å². The summed E-state index contributed by atoms with van der Waals surface area (Å²) in [6.45, 7) is 2.39. The van der Waals surface area contributed by atoms with Crippen molar-refractivity contribution in [2.45, 2.75) is 19.4 Å². The third-order valence-corrected chi connectivity index (χ3v) is 3.49. The van der Waals surface area contributed by atoms with Gasteiger partial charge in [-0.25, -0.2) is 0 Å². The van der Waals surface area contributed by atoms with Crippen molar-refractivity contribution in [2.24, 2.45) is 5.73 Å². The molecule has 1 aromatic carbocycles. The standard InChI is InChI=1S/C16H18BrN3O3.ClH/c1-10(18)7-8-19-15(21)11-3-2-4-12(9-11)20-16(22)13-5-6-14(17)23-13;/h2-6,9-10H,7-8,18H2,1H3,(H,19,21)(H,20,22);1H. The van der Waals surface area contributed by atoms with Crippen LogP contribution in [0.5, 0.6) is 0 Å². The van der Waals surface area contributed by atoms with Crippen LogP contribution in [0.4, 0.5) is 5.69 Å². The Kier molecular flexibility index (Phi) is 7.97. The summed E-state index contributed by atoms with van der Waals surface area (Å²) in [5, 5.41) is 5.48. The van der Waals surface area contributed by atoms with Crippen molar-refractivity contribution in [1.82, 2.24) is 5.32 Å². The minimum absolute atomic E-state index is 0. The molecule has 2 rings (SSSR count). The van der Waals surface area contributed by atoms with Crippen LogP contribution in [-0.2, 0) is 0 Å². The molecule has 2 aromatic rings. The summed E-state index contributed by atoms with van der Waals surface area (Å²) in [6.07, 6.45) is 0.704. The minimum Gasteiger partial charge on any atom is -0.444 e. The molecule has 130 valence electrons. The fraction of sp³-hybridized carbons (Fsp3) is 0.250. The molecule has 24 heavy (non-hydrogen) atoms. The molecule has 0 aliphatic carbocycles. The molecule has 8 heteroatoms. The Balaban J connectivity index is 0.00000288. The number of nitrogens with one attached hydrogen (secondary N) is 2. The van der Waals surface area contributed by atoms with Gasteiger partial charge in [0.2, 0.25) is 0 Å². The van der Waals surface area contributed by atoms with Gasteiger partial charge in [-0.2, -0.15) is 0 Å². The van der Waals surface area contributed by atoms with Gasteiger partial charge in [0.25, 0.3) is 11.8 Å². The average molecular weight is 417 g/mol. The first-order chi connectivity index (χ1) is 11.0. The largest absolute Gasteiger partial charge is 0.444 e. The second-order valence-corrected chi connectivity index (χ2v) is 5.94. The molecule has 2 amide bonds. The fourth-order valence-electron chi connectivity index (χ4n) is 1.88. The molecule has 0 aliphatic rings. The van der Waals surface area contributed by atoms with E-state index >= 15 is 0 Å². The van der Waals surface area contributed by atoms with Gasteiger partial charge in [0.05, 0.1) is 0 Å². The van der Waals surface area contributed by atoms with Crippen LogP contribution < -0.4 is 16.4 Å². The Hall–Kier alpha value is -1.83. The first-order valence-corrected chi connectivity index (χ1v) is 7.95. The number of hydrogen-bond donors (Lipinski definition) is 3. The average Bonchev–Trinajstić information content (AvgIpc) is 2.94. The van der Waals surface area contributed by atoms with Crippen molar-refractivity contribution in [3.05, 3.63) is 52.4 Å². The van der Waals surface area contributed by atoms with Gasteiger partial charge in [0.15, 0.2) is 10.4 Å². The van der Waals surface area contributed by atoms with Gasteiger partial charge in [0.1, 0.15) is 0 Å². The first-order valence-electron chi connectivity index (χ1n) is 7.16. The molecule has 6 nitrogen and oxygen atoms in total. The van der Waals surface area contributed by atoms with E-state index < -0.39 is 0 Å². The topological polar surface area (TPSA) is 97.4 Å². The second-order valence-electron chi connectivity index (χ2n) is 5.16. The van der Waals surface area contributed by atoms with E-state index in [-0.39, 0.29) is 36.0 Å². The molecule has 1 aromatic heterocycles. The lowest BCUT2D eigenvalue weighted by molar-refractivity contribution is 0.0950. The highest BCUT2D eigenvalue weighted by Gasteiger charge is 2.12. The third kappa shape index (κ3) is 5.99. The Morgan fingerprint density at radius 3 is 2.62 bits per heavy atom. The number of anilines is 1. The van der Waals surface area contributed by atoms with E-state index in [0.717, 1.165) is 0 Å². The number of benzene rings is 1. The maximum Gasteiger partial charge on any atom is 0.291 e. The van der Waals surface area contributed by atoms with Gasteiger partial charge in [-0.1, -0.05) is 6.07 Å². The number of amides is 2. The number of carbonyl (C=O) groups is 2. The molecular weight excluding hydrogens is 398 g/mol. The molecule has 0 bridgehead atoms. The van der Waals surface area contributed by atoms with E-state index in [4.69, 9.17) is 10.2 Å². The second kappa shape index (κ2) is 9.46. The van der Waals surface area contributed by atoms with Crippen molar-refractivity contribution >= 4 is 45.8 Å². The van der Waals surface area contributed by atoms with Crippen LogP contribution in [0.2, 0.25) is 0 Å². The number of halogens is 2. The highest BCUT2D eigenvalue weighted by atomic mass is 79.9. The van der Waals surface area contributed by atoms with Crippen molar-refractivity contribution in [1.29, 1.82) is 0 Å². The zero-order chi connectivity index (χ0) is 16.8. The fourth-order valence-corrected chi connectivity index (χ4v) is 2.19. The highest BCUT2D eigenvalue weighted by Crippen LogP contribution is 2.17. The van der Waals surface area contributed by atoms with Gasteiger partial charge in [-0.05, 0) is 59.6 Å². The van der Waals surface area contributed by atoms with Crippen LogP contribution >= 0.6 is 28.3 Å². The van der Waals surface area contributed by atoms with Crippen LogP contribution in [0.1, 0.15) is 34.3 Å². The van der Waals surface area contributed by atoms with Crippen molar-refractivity contribution < 1.29 is 14.0 Å². The Bertz CT molecular complexity index is 703. The van der Waals surface area contributed by atoms with E-state index in [9.17, 15) is 9.59 Å². The van der Waals surface area contributed by atoms with Crippen molar-refractivity contribution in [3.63, 3.8) is 0 Å². The monoisotopic (exact) mass is 415 g/mol. The summed E-state index contributed by atoms with van der Waals surface area (Å²) in [6, 6.07) is 9.93. The summed E-state index contributed by atoms with van der Waals surface area (Å²) in [7, 11) is 0. The summed E-state index contributed by atoms with van der Waals surface area (Å²) in [5.41, 5.74) is 6.62. The van der Waals surface area contributed by atoms with E-state index in [1.807, 2.05) is 6.92 Å². The molecule has 4 N–H and O–H groups in total. The van der Waals surface area contributed by atoms with E-state index in [1.165, 1.54) is 0 Å². The lowest BCUT2D eigenvalue weighted by atomic mass is 10.1.